The SMILES string of the molecule is CCCCS(=O)(=O)Nc1ccc(OCCOc2ccc(C(=O)O)cc2)cc1.CCS(=O)(=O)Nc1ccc(OCCOc2ccc(C(=O)O)cc2)cc1.O=C(O)c1ccc(OCCOc2ccc(NS(=O)(=O)c3ccc(F)cc3)cc2)cc1. The number of carboxylic acid groups (broad SMARTS) is 3. The van der Waals surface area contributed by atoms with Crippen molar-refractivity contribution >= 4 is 65.0 Å². The first kappa shape index (κ1) is 63.8. The molecule has 0 unspecified atom stereocenters. The molecule has 0 saturated heterocycles. The van der Waals surface area contributed by atoms with E-state index in [2.05, 4.69) is 14.2 Å². The van der Waals surface area contributed by atoms with Gasteiger partial charge in [-0.1, -0.05) is 13.3 Å². The van der Waals surface area contributed by atoms with Gasteiger partial charge < -0.3 is 43.7 Å². The molecule has 0 atom stereocenters. The number of nitrogens with one attached hydrogen (secondary N) is 3. The van der Waals surface area contributed by atoms with E-state index in [0.717, 1.165) is 18.6 Å². The minimum absolute atomic E-state index is 0.00995. The monoisotopic (exact) mass is 1190 g/mol. The van der Waals surface area contributed by atoms with Crippen LogP contribution in [0.2, 0.25) is 0 Å². The number of hydrogen-bond donors (Lipinski definition) is 6. The van der Waals surface area contributed by atoms with Crippen LogP contribution in [0.15, 0.2) is 175 Å². The van der Waals surface area contributed by atoms with Gasteiger partial charge in [0.15, 0.2) is 0 Å². The van der Waals surface area contributed by atoms with E-state index in [-0.39, 0.29) is 59.5 Å². The molecule has 7 aromatic carbocycles. The lowest BCUT2D eigenvalue weighted by atomic mass is 10.2. The molecule has 0 spiro atoms. The third-order valence-corrected chi connectivity index (χ3v) is 14.9. The normalized spacial score (nSPS) is 11.0. The van der Waals surface area contributed by atoms with E-state index in [0.29, 0.717) is 71.2 Å². The third-order valence-electron chi connectivity index (χ3n) is 10.8. The zero-order valence-corrected chi connectivity index (χ0v) is 46.8. The van der Waals surface area contributed by atoms with E-state index < -0.39 is 53.8 Å². The predicted octanol–water partition coefficient (Wildman–Crippen LogP) is 9.77. The second-order valence-corrected chi connectivity index (χ2v) is 22.5. The number of aromatic carboxylic acids is 3. The van der Waals surface area contributed by atoms with Crippen molar-refractivity contribution in [3.05, 3.63) is 192 Å². The van der Waals surface area contributed by atoms with Crippen molar-refractivity contribution in [3.63, 3.8) is 0 Å². The number of halogens is 1. The number of rotatable bonds is 29. The molecule has 0 aliphatic rings. The molecule has 7 rings (SSSR count). The van der Waals surface area contributed by atoms with E-state index in [1.54, 1.807) is 116 Å². The summed E-state index contributed by atoms with van der Waals surface area (Å²) in [4.78, 5) is 32.3. The Bertz CT molecular complexity index is 3470. The molecule has 0 amide bonds. The number of anilines is 3. The van der Waals surface area contributed by atoms with Crippen molar-refractivity contribution < 1.29 is 87.8 Å². The first-order valence-electron chi connectivity index (χ1n) is 25.0. The lowest BCUT2D eigenvalue weighted by Gasteiger charge is -2.10. The molecule has 0 saturated carbocycles. The van der Waals surface area contributed by atoms with Gasteiger partial charge in [-0.05, 0) is 183 Å². The van der Waals surface area contributed by atoms with Crippen LogP contribution < -0.4 is 42.6 Å². The van der Waals surface area contributed by atoms with E-state index in [4.69, 9.17) is 43.7 Å². The van der Waals surface area contributed by atoms with Crippen LogP contribution >= 0.6 is 0 Å². The first-order chi connectivity index (χ1) is 39.1. The molecule has 0 aliphatic carbocycles. The molecule has 21 nitrogen and oxygen atoms in total. The molecule has 0 radical (unpaired) electrons. The summed E-state index contributed by atoms with van der Waals surface area (Å²) >= 11 is 0. The smallest absolute Gasteiger partial charge is 0.335 e. The van der Waals surface area contributed by atoms with E-state index in [1.165, 1.54) is 48.5 Å². The Morgan fingerprint density at radius 2 is 0.659 bits per heavy atom. The molecule has 25 heteroatoms. The Balaban J connectivity index is 0.000000227. The topological polar surface area (TPSA) is 306 Å². The van der Waals surface area contributed by atoms with E-state index in [9.17, 15) is 44.0 Å². The Morgan fingerprint density at radius 3 is 0.927 bits per heavy atom. The van der Waals surface area contributed by atoms with Gasteiger partial charge in [0, 0.05) is 17.1 Å². The Kier molecular flexibility index (Phi) is 24.6. The van der Waals surface area contributed by atoms with Gasteiger partial charge in [-0.3, -0.25) is 14.2 Å². The highest BCUT2D eigenvalue weighted by Gasteiger charge is 2.15. The highest BCUT2D eigenvalue weighted by Crippen LogP contribution is 2.22. The maximum absolute atomic E-state index is 13.0. The molecule has 0 fully saturated rings. The van der Waals surface area contributed by atoms with E-state index in [1.807, 2.05) is 6.92 Å². The van der Waals surface area contributed by atoms with Gasteiger partial charge in [0.25, 0.3) is 10.0 Å². The maximum atomic E-state index is 13.0. The Morgan fingerprint density at radius 1 is 0.390 bits per heavy atom. The van der Waals surface area contributed by atoms with Crippen LogP contribution in [-0.4, -0.2) is 110 Å². The third kappa shape index (κ3) is 23.0. The molecule has 0 aliphatic heterocycles. The van der Waals surface area contributed by atoms with Crippen molar-refractivity contribution in [1.29, 1.82) is 0 Å². The number of unbranched alkanes of at least 4 members (excludes halogenated alkanes) is 1. The Labute approximate surface area is 474 Å². The van der Waals surface area contributed by atoms with Crippen LogP contribution in [0.25, 0.3) is 0 Å². The van der Waals surface area contributed by atoms with Crippen LogP contribution in [0.5, 0.6) is 34.5 Å². The van der Waals surface area contributed by atoms with Crippen LogP contribution in [-0.2, 0) is 30.1 Å². The Hall–Kier alpha value is -9.07. The van der Waals surface area contributed by atoms with Gasteiger partial charge in [-0.25, -0.2) is 44.0 Å². The molecule has 0 heterocycles. The average molecular weight is 1190 g/mol. The highest BCUT2D eigenvalue weighted by molar-refractivity contribution is 7.93. The number of carboxylic acids is 3. The fraction of sp³-hybridized carbons (Fsp3) is 0.211. The molecular formula is C57H60FN3O18S3. The summed E-state index contributed by atoms with van der Waals surface area (Å²) in [7, 11) is -10.4. The summed E-state index contributed by atoms with van der Waals surface area (Å²) in [6.07, 6.45) is 1.44. The van der Waals surface area contributed by atoms with Crippen molar-refractivity contribution in [2.24, 2.45) is 0 Å². The quantitative estimate of drug-likeness (QED) is 0.0238. The number of ether oxygens (including phenoxy) is 6. The lowest BCUT2D eigenvalue weighted by molar-refractivity contribution is 0.0686. The summed E-state index contributed by atoms with van der Waals surface area (Å²) in [5, 5.41) is 26.5. The number of carbonyl (C=O) groups is 3. The summed E-state index contributed by atoms with van der Waals surface area (Å²) in [5.41, 5.74) is 1.87. The van der Waals surface area contributed by atoms with Gasteiger partial charge in [0.1, 0.15) is 80.0 Å². The lowest BCUT2D eigenvalue weighted by Crippen LogP contribution is -2.16. The summed E-state index contributed by atoms with van der Waals surface area (Å²) in [5.74, 6) is -0.0501. The second kappa shape index (κ2) is 31.6. The van der Waals surface area contributed by atoms with Crippen molar-refractivity contribution in [1.82, 2.24) is 0 Å². The van der Waals surface area contributed by atoms with Crippen LogP contribution in [0.3, 0.4) is 0 Å². The summed E-state index contributed by atoms with van der Waals surface area (Å²) in [6, 6.07) is 42.3. The average Bonchev–Trinajstić information content (AvgIpc) is 3.59. The molecule has 436 valence electrons. The van der Waals surface area contributed by atoms with Crippen molar-refractivity contribution in [2.75, 3.05) is 65.3 Å². The fourth-order valence-corrected chi connectivity index (χ4v) is 9.50. The van der Waals surface area contributed by atoms with Crippen LogP contribution in [0.1, 0.15) is 57.8 Å². The van der Waals surface area contributed by atoms with Gasteiger partial charge >= 0.3 is 17.9 Å². The minimum Gasteiger partial charge on any atom is -0.490 e. The molecule has 0 bridgehead atoms. The zero-order valence-electron chi connectivity index (χ0n) is 44.3. The molecular weight excluding hydrogens is 1130 g/mol. The van der Waals surface area contributed by atoms with Crippen molar-refractivity contribution in [2.45, 2.75) is 31.6 Å². The van der Waals surface area contributed by atoms with Gasteiger partial charge in [-0.2, -0.15) is 0 Å². The first-order valence-corrected chi connectivity index (χ1v) is 29.8. The molecule has 0 aromatic heterocycles. The fourth-order valence-electron chi connectivity index (χ4n) is 6.54. The molecule has 7 aromatic rings. The minimum atomic E-state index is -3.82. The number of sulfonamides is 3. The highest BCUT2D eigenvalue weighted by atomic mass is 32.2. The van der Waals surface area contributed by atoms with Crippen molar-refractivity contribution in [3.8, 4) is 34.5 Å². The predicted molar refractivity (Wildman–Crippen MR) is 305 cm³/mol. The summed E-state index contributed by atoms with van der Waals surface area (Å²) < 4.78 is 125. The summed E-state index contributed by atoms with van der Waals surface area (Å²) in [6.45, 7) is 5.15. The maximum Gasteiger partial charge on any atom is 0.335 e. The zero-order chi connectivity index (χ0) is 59.5. The number of hydrogen-bond acceptors (Lipinski definition) is 15. The van der Waals surface area contributed by atoms with Crippen LogP contribution in [0, 0.1) is 5.82 Å². The molecule has 6 N–H and O–H groups in total. The van der Waals surface area contributed by atoms with Gasteiger partial charge in [0.2, 0.25) is 20.0 Å². The second-order valence-electron chi connectivity index (χ2n) is 17.0. The van der Waals surface area contributed by atoms with Gasteiger partial charge in [-0.15, -0.1) is 0 Å². The largest absolute Gasteiger partial charge is 0.490 e. The number of benzene rings is 7. The van der Waals surface area contributed by atoms with Gasteiger partial charge in [0.05, 0.1) is 33.1 Å². The molecule has 82 heavy (non-hydrogen) atoms. The van der Waals surface area contributed by atoms with E-state index >= 15 is 0 Å². The standard InChI is InChI=1S/C21H18FNO6S.C19H23NO6S.C17H19NO6S/c22-16-3-11-20(12-4-16)30(26,27)23-17-5-9-19(10-6-17)29-14-13-28-18-7-1-15(2-8-18)21(24)25;1-2-3-14-27(23,24)20-16-6-10-18(11-7-16)26-13-12-25-17-8-4-15(5-9-17)19(21)22;1-2-25(21,22)18-14-5-9-16(10-6-14)24-12-11-23-15-7-3-13(4-8-15)17(19)20/h1-12,23H,13-14H2,(H,24,25);4-11,20H,2-3,12-14H2,1H3,(H,21,22);3-10,18H,2,11-12H2,1H3,(H,19,20). The van der Waals surface area contributed by atoms with Crippen LogP contribution in [0.4, 0.5) is 21.5 Å².